The van der Waals surface area contributed by atoms with Gasteiger partial charge in [0.15, 0.2) is 0 Å². The van der Waals surface area contributed by atoms with Crippen LogP contribution in [0.3, 0.4) is 0 Å². The van der Waals surface area contributed by atoms with E-state index in [1.54, 1.807) is 0 Å². The molecular formula is C20H30F2N4O6S2. The minimum Gasteiger partial charge on any atom is -0.377 e. The summed E-state index contributed by atoms with van der Waals surface area (Å²) in [5.41, 5.74) is -0.324. The smallest absolute Gasteiger partial charge is 0.269 e. The number of amides is 1. The van der Waals surface area contributed by atoms with E-state index >= 15 is 0 Å². The van der Waals surface area contributed by atoms with Crippen molar-refractivity contribution >= 4 is 38.0 Å². The third-order valence-corrected chi connectivity index (χ3v) is 7.96. The van der Waals surface area contributed by atoms with Gasteiger partial charge in [-0.2, -0.15) is 8.42 Å². The summed E-state index contributed by atoms with van der Waals surface area (Å²) in [4.78, 5) is 12.5. The zero-order valence-electron chi connectivity index (χ0n) is 19.5. The number of benzene rings is 1. The Morgan fingerprint density at radius 3 is 2.09 bits per heavy atom. The van der Waals surface area contributed by atoms with Crippen LogP contribution in [-0.4, -0.2) is 58.7 Å². The molecule has 0 saturated carbocycles. The summed E-state index contributed by atoms with van der Waals surface area (Å²) in [5.74, 6) is -2.60. The van der Waals surface area contributed by atoms with Crippen molar-refractivity contribution in [1.29, 1.82) is 5.41 Å². The number of sulfonamides is 1. The molecule has 1 unspecified atom stereocenters. The van der Waals surface area contributed by atoms with Gasteiger partial charge in [-0.3, -0.25) is 8.98 Å². The molecular weight excluding hydrogens is 494 g/mol. The molecule has 1 aromatic carbocycles. The molecule has 0 aromatic heterocycles. The fraction of sp³-hybridized carbons (Fsp3) is 0.500. The van der Waals surface area contributed by atoms with Gasteiger partial charge in [0.1, 0.15) is 11.6 Å². The standard InChI is InChI=1S/C20H30F2N4O6S2/c1-12(2)33(28,29)24-10-18(11-32-34(30,31)13(3)4)25-19(9-23)14(5)20(27)26-17-7-15(21)6-16(22)8-17/h6-9,12-13,18,23-25H,10-11H2,1-5H3,(H,26,27)/b19-14+,23-9?. The van der Waals surface area contributed by atoms with Gasteiger partial charge in [0.05, 0.1) is 28.8 Å². The van der Waals surface area contributed by atoms with Gasteiger partial charge in [-0.25, -0.2) is 21.9 Å². The van der Waals surface area contributed by atoms with Crippen LogP contribution in [0, 0.1) is 17.0 Å². The highest BCUT2D eigenvalue weighted by Crippen LogP contribution is 2.15. The van der Waals surface area contributed by atoms with Crippen molar-refractivity contribution < 1.29 is 34.6 Å². The molecule has 10 nitrogen and oxygen atoms in total. The second-order valence-electron chi connectivity index (χ2n) is 7.90. The number of carbonyl (C=O) groups is 1. The molecule has 0 bridgehead atoms. The summed E-state index contributed by atoms with van der Waals surface area (Å²) in [6.07, 6.45) is 0.766. The summed E-state index contributed by atoms with van der Waals surface area (Å²) in [5, 5.41) is 11.0. The largest absolute Gasteiger partial charge is 0.377 e. The molecule has 1 rings (SSSR count). The second kappa shape index (κ2) is 12.3. The lowest BCUT2D eigenvalue weighted by Gasteiger charge is -2.23. The molecule has 0 saturated heterocycles. The van der Waals surface area contributed by atoms with Gasteiger partial charge in [-0.1, -0.05) is 0 Å². The van der Waals surface area contributed by atoms with Crippen LogP contribution in [0.2, 0.25) is 0 Å². The maximum atomic E-state index is 13.4. The fourth-order valence-corrected chi connectivity index (χ4v) is 3.69. The van der Waals surface area contributed by atoms with Crippen LogP contribution in [0.4, 0.5) is 14.5 Å². The number of halogens is 2. The Bertz CT molecular complexity index is 1070. The van der Waals surface area contributed by atoms with Crippen molar-refractivity contribution in [1.82, 2.24) is 10.0 Å². The van der Waals surface area contributed by atoms with E-state index in [4.69, 9.17) is 9.59 Å². The molecule has 0 heterocycles. The van der Waals surface area contributed by atoms with Gasteiger partial charge in [0, 0.05) is 30.1 Å². The van der Waals surface area contributed by atoms with Crippen LogP contribution in [0.25, 0.3) is 0 Å². The normalized spacial score (nSPS) is 14.0. The summed E-state index contributed by atoms with van der Waals surface area (Å²) in [6.45, 7) is 6.24. The SMILES string of the molecule is C/C(C(=O)Nc1cc(F)cc(F)c1)=C(/C=N)NC(CNS(=O)(=O)C(C)C)COS(=O)(=O)C(C)C. The molecule has 192 valence electrons. The van der Waals surface area contributed by atoms with Gasteiger partial charge in [0.25, 0.3) is 16.0 Å². The Morgan fingerprint density at radius 1 is 1.06 bits per heavy atom. The predicted octanol–water partition coefficient (Wildman–Crippen LogP) is 1.87. The Balaban J connectivity index is 3.13. The van der Waals surface area contributed by atoms with E-state index in [2.05, 4.69) is 15.4 Å². The zero-order chi connectivity index (χ0) is 26.3. The number of hydrogen-bond donors (Lipinski definition) is 4. The van der Waals surface area contributed by atoms with Crippen molar-refractivity contribution in [2.24, 2.45) is 0 Å². The topological polar surface area (TPSA) is 155 Å². The van der Waals surface area contributed by atoms with Gasteiger partial charge in [0.2, 0.25) is 10.0 Å². The minimum absolute atomic E-state index is 0.0805. The highest BCUT2D eigenvalue weighted by molar-refractivity contribution is 7.90. The Kier molecular flexibility index (Phi) is 10.7. The molecule has 1 amide bonds. The van der Waals surface area contributed by atoms with Crippen molar-refractivity contribution in [2.75, 3.05) is 18.5 Å². The van der Waals surface area contributed by atoms with Crippen molar-refractivity contribution in [2.45, 2.75) is 51.2 Å². The molecule has 1 atom stereocenters. The average molecular weight is 525 g/mol. The van der Waals surface area contributed by atoms with Crippen molar-refractivity contribution in [3.05, 3.63) is 41.1 Å². The molecule has 0 aliphatic heterocycles. The quantitative estimate of drug-likeness (QED) is 0.174. The fourth-order valence-electron chi connectivity index (χ4n) is 2.30. The summed E-state index contributed by atoms with van der Waals surface area (Å²) in [6, 6.07) is 1.45. The van der Waals surface area contributed by atoms with E-state index in [1.807, 2.05) is 0 Å². The minimum atomic E-state index is -3.93. The highest BCUT2D eigenvalue weighted by Gasteiger charge is 2.24. The van der Waals surface area contributed by atoms with Gasteiger partial charge < -0.3 is 16.0 Å². The van der Waals surface area contributed by atoms with Crippen LogP contribution in [-0.2, 0) is 29.1 Å². The first-order valence-electron chi connectivity index (χ1n) is 10.2. The Labute approximate surface area is 198 Å². The molecule has 1 aromatic rings. The van der Waals surface area contributed by atoms with E-state index < -0.39 is 60.8 Å². The maximum Gasteiger partial charge on any atom is 0.269 e. The van der Waals surface area contributed by atoms with E-state index in [-0.39, 0.29) is 23.5 Å². The van der Waals surface area contributed by atoms with E-state index in [9.17, 15) is 30.4 Å². The number of allylic oxidation sites excluding steroid dienone is 1. The van der Waals surface area contributed by atoms with Crippen LogP contribution >= 0.6 is 0 Å². The molecule has 0 aliphatic rings. The van der Waals surface area contributed by atoms with E-state index in [0.717, 1.165) is 18.3 Å². The lowest BCUT2D eigenvalue weighted by molar-refractivity contribution is -0.112. The number of hydrogen-bond acceptors (Lipinski definition) is 8. The molecule has 0 spiro atoms. The van der Waals surface area contributed by atoms with Gasteiger partial charge in [-0.05, 0) is 46.8 Å². The highest BCUT2D eigenvalue weighted by atomic mass is 32.2. The lowest BCUT2D eigenvalue weighted by atomic mass is 10.2. The molecule has 0 fully saturated rings. The van der Waals surface area contributed by atoms with Crippen LogP contribution in [0.5, 0.6) is 0 Å². The Morgan fingerprint density at radius 2 is 1.62 bits per heavy atom. The molecule has 0 radical (unpaired) electrons. The molecule has 14 heteroatoms. The third kappa shape index (κ3) is 9.08. The predicted molar refractivity (Wildman–Crippen MR) is 125 cm³/mol. The maximum absolute atomic E-state index is 13.4. The van der Waals surface area contributed by atoms with Gasteiger partial charge >= 0.3 is 0 Å². The van der Waals surface area contributed by atoms with Crippen molar-refractivity contribution in [3.8, 4) is 0 Å². The van der Waals surface area contributed by atoms with Crippen LogP contribution < -0.4 is 15.4 Å². The Hall–Kier alpha value is -2.42. The third-order valence-electron chi connectivity index (χ3n) is 4.53. The summed E-state index contributed by atoms with van der Waals surface area (Å²) >= 11 is 0. The zero-order valence-corrected chi connectivity index (χ0v) is 21.1. The molecule has 0 aliphatic carbocycles. The lowest BCUT2D eigenvalue weighted by Crippen LogP contribution is -2.46. The number of anilines is 1. The number of rotatable bonds is 13. The average Bonchev–Trinajstić information content (AvgIpc) is 2.71. The first-order valence-corrected chi connectivity index (χ1v) is 13.2. The monoisotopic (exact) mass is 524 g/mol. The van der Waals surface area contributed by atoms with Gasteiger partial charge in [-0.15, -0.1) is 0 Å². The van der Waals surface area contributed by atoms with E-state index in [1.165, 1.54) is 34.6 Å². The molecule has 34 heavy (non-hydrogen) atoms. The summed E-state index contributed by atoms with van der Waals surface area (Å²) < 4.78 is 82.4. The second-order valence-corrected chi connectivity index (χ2v) is 12.4. The first-order chi connectivity index (χ1) is 15.6. The van der Waals surface area contributed by atoms with Crippen molar-refractivity contribution in [3.63, 3.8) is 0 Å². The number of carbonyl (C=O) groups excluding carboxylic acids is 1. The van der Waals surface area contributed by atoms with E-state index in [0.29, 0.717) is 6.07 Å². The summed E-state index contributed by atoms with van der Waals surface area (Å²) in [7, 11) is -7.64. The van der Waals surface area contributed by atoms with Crippen LogP contribution in [0.15, 0.2) is 29.5 Å². The van der Waals surface area contributed by atoms with Crippen LogP contribution in [0.1, 0.15) is 34.6 Å². The number of nitrogens with one attached hydrogen (secondary N) is 4. The molecule has 4 N–H and O–H groups in total. The first kappa shape index (κ1) is 29.6.